The second-order valence-corrected chi connectivity index (χ2v) is 7.30. The summed E-state index contributed by atoms with van der Waals surface area (Å²) in [5.41, 5.74) is 2.23. The first-order valence-corrected chi connectivity index (χ1v) is 9.13. The molecule has 0 aliphatic carbocycles. The van der Waals surface area contributed by atoms with E-state index in [1.165, 1.54) is 5.56 Å². The van der Waals surface area contributed by atoms with Crippen molar-refractivity contribution in [2.24, 2.45) is 0 Å². The van der Waals surface area contributed by atoms with Crippen LogP contribution in [-0.4, -0.2) is 18.6 Å². The minimum Gasteiger partial charge on any atom is -0.484 e. The zero-order valence-corrected chi connectivity index (χ0v) is 15.5. The van der Waals surface area contributed by atoms with Crippen LogP contribution in [0.4, 0.5) is 5.69 Å². The first-order valence-electron chi connectivity index (χ1n) is 8.34. The summed E-state index contributed by atoms with van der Waals surface area (Å²) < 4.78 is 6.83. The predicted molar refractivity (Wildman–Crippen MR) is 104 cm³/mol. The Kier molecular flexibility index (Phi) is 4.22. The number of benzene rings is 3. The quantitative estimate of drug-likeness (QED) is 0.627. The van der Waals surface area contributed by atoms with Crippen molar-refractivity contribution in [3.05, 3.63) is 70.7 Å². The van der Waals surface area contributed by atoms with Crippen molar-refractivity contribution < 1.29 is 9.53 Å². The smallest absolute Gasteiger partial charge is 0.265 e. The Labute approximate surface area is 155 Å². The fraction of sp³-hybridized carbons (Fsp3) is 0.190. The summed E-state index contributed by atoms with van der Waals surface area (Å²) in [5.74, 6) is 0.705. The molecule has 0 aromatic heterocycles. The van der Waals surface area contributed by atoms with E-state index >= 15 is 0 Å². The molecule has 1 atom stereocenters. The lowest BCUT2D eigenvalue weighted by atomic mass is 10.1. The van der Waals surface area contributed by atoms with Crippen molar-refractivity contribution in [2.45, 2.75) is 19.4 Å². The highest BCUT2D eigenvalue weighted by molar-refractivity contribution is 9.10. The van der Waals surface area contributed by atoms with Gasteiger partial charge in [-0.25, -0.2) is 0 Å². The van der Waals surface area contributed by atoms with Crippen LogP contribution >= 0.6 is 15.9 Å². The molecule has 0 unspecified atom stereocenters. The van der Waals surface area contributed by atoms with Crippen molar-refractivity contribution in [2.75, 3.05) is 11.5 Å². The average molecular weight is 396 g/mol. The molecule has 0 fully saturated rings. The summed E-state index contributed by atoms with van der Waals surface area (Å²) in [6, 6.07) is 20.2. The van der Waals surface area contributed by atoms with Gasteiger partial charge >= 0.3 is 0 Å². The molecule has 3 nitrogen and oxygen atoms in total. The fourth-order valence-corrected chi connectivity index (χ4v) is 3.82. The molecule has 0 N–H and O–H groups in total. The van der Waals surface area contributed by atoms with Crippen LogP contribution in [0.2, 0.25) is 0 Å². The van der Waals surface area contributed by atoms with E-state index in [-0.39, 0.29) is 18.6 Å². The summed E-state index contributed by atoms with van der Waals surface area (Å²) in [4.78, 5) is 14.5. The molecular formula is C21H18BrNO2. The molecule has 4 heteroatoms. The van der Waals surface area contributed by atoms with E-state index in [4.69, 9.17) is 4.74 Å². The van der Waals surface area contributed by atoms with E-state index in [1.807, 2.05) is 53.4 Å². The number of carbonyl (C=O) groups excluding carboxylic acids is 1. The lowest BCUT2D eigenvalue weighted by Gasteiger charge is -2.22. The van der Waals surface area contributed by atoms with Crippen LogP contribution in [0.3, 0.4) is 0 Å². The van der Waals surface area contributed by atoms with Crippen molar-refractivity contribution in [3.63, 3.8) is 0 Å². The van der Waals surface area contributed by atoms with Gasteiger partial charge < -0.3 is 9.64 Å². The maximum Gasteiger partial charge on any atom is 0.265 e. The summed E-state index contributed by atoms with van der Waals surface area (Å²) in [6.45, 7) is 2.12. The van der Waals surface area contributed by atoms with Gasteiger partial charge in [0.05, 0.1) is 0 Å². The molecule has 4 rings (SSSR count). The molecule has 1 heterocycles. The Bertz CT molecular complexity index is 954. The number of halogens is 1. The number of para-hydroxylation sites is 1. The molecule has 0 radical (unpaired) electrons. The van der Waals surface area contributed by atoms with E-state index in [9.17, 15) is 4.79 Å². The third-order valence-corrected chi connectivity index (χ3v) is 5.11. The van der Waals surface area contributed by atoms with Crippen LogP contribution in [0.5, 0.6) is 5.75 Å². The number of anilines is 1. The maximum absolute atomic E-state index is 12.7. The molecule has 1 aliphatic rings. The molecule has 25 heavy (non-hydrogen) atoms. The average Bonchev–Trinajstić information content (AvgIpc) is 2.95. The second-order valence-electron chi connectivity index (χ2n) is 6.39. The molecule has 0 saturated carbocycles. The third-order valence-electron chi connectivity index (χ3n) is 4.61. The van der Waals surface area contributed by atoms with Gasteiger partial charge in [-0.05, 0) is 60.0 Å². The molecule has 1 aliphatic heterocycles. The summed E-state index contributed by atoms with van der Waals surface area (Å²) >= 11 is 3.48. The van der Waals surface area contributed by atoms with Crippen LogP contribution in [0.1, 0.15) is 12.5 Å². The number of hydrogen-bond donors (Lipinski definition) is 0. The van der Waals surface area contributed by atoms with Gasteiger partial charge in [-0.3, -0.25) is 4.79 Å². The third kappa shape index (κ3) is 3.14. The molecule has 3 aromatic carbocycles. The molecule has 0 bridgehead atoms. The van der Waals surface area contributed by atoms with Crippen molar-refractivity contribution >= 4 is 38.3 Å². The van der Waals surface area contributed by atoms with Crippen molar-refractivity contribution in [1.82, 2.24) is 0 Å². The highest BCUT2D eigenvalue weighted by atomic mass is 79.9. The highest BCUT2D eigenvalue weighted by Gasteiger charge is 2.30. The fourth-order valence-electron chi connectivity index (χ4n) is 3.44. The highest BCUT2D eigenvalue weighted by Crippen LogP contribution is 2.32. The molecule has 1 amide bonds. The second kappa shape index (κ2) is 6.52. The van der Waals surface area contributed by atoms with Crippen molar-refractivity contribution in [1.29, 1.82) is 0 Å². The molecule has 0 spiro atoms. The number of carbonyl (C=O) groups is 1. The number of ether oxygens (including phenoxy) is 1. The summed E-state index contributed by atoms with van der Waals surface area (Å²) in [7, 11) is 0. The molecule has 126 valence electrons. The van der Waals surface area contributed by atoms with Crippen LogP contribution in [0, 0.1) is 0 Å². The Morgan fingerprint density at radius 2 is 1.88 bits per heavy atom. The minimum atomic E-state index is -0.00615. The van der Waals surface area contributed by atoms with E-state index in [0.717, 1.165) is 27.4 Å². The van der Waals surface area contributed by atoms with Gasteiger partial charge in [-0.2, -0.15) is 0 Å². The Balaban J connectivity index is 1.50. The number of fused-ring (bicyclic) bond motifs is 2. The summed E-state index contributed by atoms with van der Waals surface area (Å²) in [6.07, 6.45) is 0.896. The van der Waals surface area contributed by atoms with Crippen molar-refractivity contribution in [3.8, 4) is 5.75 Å². The van der Waals surface area contributed by atoms with Crippen LogP contribution in [0.15, 0.2) is 65.1 Å². The summed E-state index contributed by atoms with van der Waals surface area (Å²) in [5, 5.41) is 2.23. The van der Waals surface area contributed by atoms with Gasteiger partial charge in [-0.1, -0.05) is 46.3 Å². The molecule has 3 aromatic rings. The zero-order valence-electron chi connectivity index (χ0n) is 13.9. The maximum atomic E-state index is 12.7. The molecular weight excluding hydrogens is 378 g/mol. The lowest BCUT2D eigenvalue weighted by Crippen LogP contribution is -2.39. The number of amides is 1. The van der Waals surface area contributed by atoms with E-state index in [1.54, 1.807) is 0 Å². The first-order chi connectivity index (χ1) is 12.1. The Morgan fingerprint density at radius 1 is 1.12 bits per heavy atom. The topological polar surface area (TPSA) is 29.5 Å². The van der Waals surface area contributed by atoms with Gasteiger partial charge in [0.25, 0.3) is 5.91 Å². The monoisotopic (exact) mass is 395 g/mol. The van der Waals surface area contributed by atoms with Gasteiger partial charge in [0.2, 0.25) is 0 Å². The predicted octanol–water partition coefficient (Wildman–Crippen LogP) is 4.96. The number of nitrogens with zero attached hydrogens (tertiary/aromatic N) is 1. The van der Waals surface area contributed by atoms with Crippen LogP contribution in [0.25, 0.3) is 10.8 Å². The van der Waals surface area contributed by atoms with Gasteiger partial charge in [0.1, 0.15) is 5.75 Å². The molecule has 0 saturated heterocycles. The minimum absolute atomic E-state index is 0.00615. The van der Waals surface area contributed by atoms with Gasteiger partial charge in [0.15, 0.2) is 6.61 Å². The zero-order chi connectivity index (χ0) is 17.4. The van der Waals surface area contributed by atoms with Gasteiger partial charge in [0, 0.05) is 16.2 Å². The number of hydrogen-bond acceptors (Lipinski definition) is 2. The standard InChI is InChI=1S/C21H18BrNO2/c1-14-10-17-4-2-3-5-20(17)23(14)21(24)13-25-19-9-7-15-11-18(22)8-6-16(15)12-19/h2-9,11-12,14H,10,13H2,1H3/t14-/m0/s1. The van der Waals surface area contributed by atoms with E-state index < -0.39 is 0 Å². The van der Waals surface area contributed by atoms with E-state index in [0.29, 0.717) is 5.75 Å². The lowest BCUT2D eigenvalue weighted by molar-refractivity contribution is -0.120. The first kappa shape index (κ1) is 16.2. The van der Waals surface area contributed by atoms with Crippen LogP contribution in [-0.2, 0) is 11.2 Å². The van der Waals surface area contributed by atoms with Gasteiger partial charge in [-0.15, -0.1) is 0 Å². The largest absolute Gasteiger partial charge is 0.484 e. The van der Waals surface area contributed by atoms with E-state index in [2.05, 4.69) is 35.0 Å². The Hall–Kier alpha value is -2.33. The number of rotatable bonds is 3. The van der Waals surface area contributed by atoms with Crippen LogP contribution < -0.4 is 9.64 Å². The normalized spacial score (nSPS) is 16.1. The Morgan fingerprint density at radius 3 is 2.76 bits per heavy atom. The SMILES string of the molecule is C[C@H]1Cc2ccccc2N1C(=O)COc1ccc2cc(Br)ccc2c1.